The van der Waals surface area contributed by atoms with E-state index >= 15 is 0 Å². The molecule has 2 aliphatic heterocycles. The van der Waals surface area contributed by atoms with Crippen molar-refractivity contribution < 1.29 is 4.39 Å². The molecule has 0 N–H and O–H groups in total. The van der Waals surface area contributed by atoms with Gasteiger partial charge in [0.05, 0.1) is 0 Å². The molecule has 70 valence electrons. The third-order valence-corrected chi connectivity index (χ3v) is 3.74. The zero-order chi connectivity index (χ0) is 8.77. The Kier molecular flexibility index (Phi) is 1.90. The third-order valence-electron chi connectivity index (χ3n) is 3.74. The summed E-state index contributed by atoms with van der Waals surface area (Å²) in [6, 6.07) is 0. The molecule has 2 heterocycles. The van der Waals surface area contributed by atoms with Gasteiger partial charge in [-0.15, -0.1) is 0 Å². The van der Waals surface area contributed by atoms with Crippen LogP contribution in [0.3, 0.4) is 0 Å². The Morgan fingerprint density at radius 1 is 1.50 bits per heavy atom. The van der Waals surface area contributed by atoms with Gasteiger partial charge in [0.15, 0.2) is 0 Å². The van der Waals surface area contributed by atoms with Crippen molar-refractivity contribution >= 4 is 0 Å². The minimum Gasteiger partial charge on any atom is -0.294 e. The maximum absolute atomic E-state index is 13.2. The standard InChI is InChI=1S/C10H18FN/c1-8(2)10-4-3-5-12(10)7-9(11)6-10/h8-9H,3-7H2,1-2H3/t9-,10+/m1/s1. The van der Waals surface area contributed by atoms with Crippen LogP contribution in [0.1, 0.15) is 33.1 Å². The third kappa shape index (κ3) is 1.00. The highest BCUT2D eigenvalue weighted by Gasteiger charge is 2.50. The van der Waals surface area contributed by atoms with Crippen LogP contribution >= 0.6 is 0 Å². The molecule has 0 aliphatic carbocycles. The monoisotopic (exact) mass is 171 g/mol. The Labute approximate surface area is 73.9 Å². The lowest BCUT2D eigenvalue weighted by atomic mass is 9.82. The number of nitrogens with zero attached hydrogens (tertiary/aromatic N) is 1. The first-order valence-corrected chi connectivity index (χ1v) is 5.04. The number of rotatable bonds is 1. The molecule has 0 spiro atoms. The summed E-state index contributed by atoms with van der Waals surface area (Å²) in [5, 5.41) is 0. The summed E-state index contributed by atoms with van der Waals surface area (Å²) >= 11 is 0. The van der Waals surface area contributed by atoms with E-state index in [0.29, 0.717) is 12.5 Å². The van der Waals surface area contributed by atoms with Crippen molar-refractivity contribution in [2.75, 3.05) is 13.1 Å². The van der Waals surface area contributed by atoms with E-state index in [4.69, 9.17) is 0 Å². The van der Waals surface area contributed by atoms with Crippen LogP contribution in [0.15, 0.2) is 0 Å². The maximum Gasteiger partial charge on any atom is 0.115 e. The van der Waals surface area contributed by atoms with E-state index in [1.807, 2.05) is 0 Å². The zero-order valence-electron chi connectivity index (χ0n) is 8.02. The summed E-state index contributed by atoms with van der Waals surface area (Å²) in [6.45, 7) is 6.28. The summed E-state index contributed by atoms with van der Waals surface area (Å²) < 4.78 is 13.2. The lowest BCUT2D eigenvalue weighted by Crippen LogP contribution is -2.42. The maximum atomic E-state index is 13.2. The van der Waals surface area contributed by atoms with Gasteiger partial charge in [-0.2, -0.15) is 0 Å². The van der Waals surface area contributed by atoms with Crippen molar-refractivity contribution in [1.82, 2.24) is 4.90 Å². The van der Waals surface area contributed by atoms with Crippen molar-refractivity contribution in [2.45, 2.75) is 44.8 Å². The molecular formula is C10H18FN. The molecule has 0 amide bonds. The molecule has 2 aliphatic rings. The average molecular weight is 171 g/mol. The predicted octanol–water partition coefficient (Wildman–Crippen LogP) is 2.22. The number of alkyl halides is 1. The number of hydrogen-bond acceptors (Lipinski definition) is 1. The molecule has 0 aromatic heterocycles. The van der Waals surface area contributed by atoms with Gasteiger partial charge in [-0.1, -0.05) is 13.8 Å². The molecule has 2 atom stereocenters. The average Bonchev–Trinajstić information content (AvgIpc) is 2.42. The van der Waals surface area contributed by atoms with Crippen molar-refractivity contribution in [3.8, 4) is 0 Å². The Morgan fingerprint density at radius 3 is 2.83 bits per heavy atom. The fourth-order valence-corrected chi connectivity index (χ4v) is 3.04. The second-order valence-electron chi connectivity index (χ2n) is 4.61. The second kappa shape index (κ2) is 2.69. The van der Waals surface area contributed by atoms with Gasteiger partial charge in [0.2, 0.25) is 0 Å². The minimum atomic E-state index is -0.562. The van der Waals surface area contributed by atoms with Gasteiger partial charge in [-0.3, -0.25) is 4.90 Å². The fourth-order valence-electron chi connectivity index (χ4n) is 3.04. The highest BCUT2D eigenvalue weighted by atomic mass is 19.1. The second-order valence-corrected chi connectivity index (χ2v) is 4.61. The highest BCUT2D eigenvalue weighted by Crippen LogP contribution is 2.44. The summed E-state index contributed by atoms with van der Waals surface area (Å²) in [7, 11) is 0. The fraction of sp³-hybridized carbons (Fsp3) is 1.00. The molecule has 2 saturated heterocycles. The van der Waals surface area contributed by atoms with E-state index in [0.717, 1.165) is 13.0 Å². The first-order chi connectivity index (χ1) is 5.65. The molecule has 2 heteroatoms. The van der Waals surface area contributed by atoms with Crippen molar-refractivity contribution in [3.63, 3.8) is 0 Å². The van der Waals surface area contributed by atoms with E-state index < -0.39 is 6.17 Å². The van der Waals surface area contributed by atoms with Crippen LogP contribution in [0.4, 0.5) is 4.39 Å². The van der Waals surface area contributed by atoms with Crippen molar-refractivity contribution in [3.05, 3.63) is 0 Å². The Hall–Kier alpha value is -0.110. The van der Waals surface area contributed by atoms with E-state index in [2.05, 4.69) is 18.7 Å². The molecule has 0 unspecified atom stereocenters. The van der Waals surface area contributed by atoms with Gasteiger partial charge in [-0.25, -0.2) is 4.39 Å². The molecular weight excluding hydrogens is 153 g/mol. The normalized spacial score (nSPS) is 42.5. The molecule has 0 bridgehead atoms. The molecule has 2 rings (SSSR count). The van der Waals surface area contributed by atoms with E-state index in [9.17, 15) is 4.39 Å². The SMILES string of the molecule is CC(C)[C@@]12CCCN1C[C@H](F)C2. The molecule has 0 radical (unpaired) electrons. The van der Waals surface area contributed by atoms with Crippen LogP contribution in [0.25, 0.3) is 0 Å². The first-order valence-electron chi connectivity index (χ1n) is 5.04. The molecule has 0 aromatic rings. The Bertz CT molecular complexity index is 181. The largest absolute Gasteiger partial charge is 0.294 e. The smallest absolute Gasteiger partial charge is 0.115 e. The molecule has 0 aromatic carbocycles. The lowest BCUT2D eigenvalue weighted by Gasteiger charge is -2.35. The summed E-state index contributed by atoms with van der Waals surface area (Å²) in [4.78, 5) is 2.38. The summed E-state index contributed by atoms with van der Waals surface area (Å²) in [5.41, 5.74) is 0.236. The van der Waals surface area contributed by atoms with Gasteiger partial charge in [0, 0.05) is 12.1 Å². The van der Waals surface area contributed by atoms with Crippen LogP contribution in [0.5, 0.6) is 0 Å². The quantitative estimate of drug-likeness (QED) is 0.584. The van der Waals surface area contributed by atoms with E-state index in [1.54, 1.807) is 0 Å². The van der Waals surface area contributed by atoms with Crippen LogP contribution in [0, 0.1) is 5.92 Å². The molecule has 0 saturated carbocycles. The molecule has 1 nitrogen and oxygen atoms in total. The zero-order valence-corrected chi connectivity index (χ0v) is 8.02. The Morgan fingerprint density at radius 2 is 2.25 bits per heavy atom. The predicted molar refractivity (Wildman–Crippen MR) is 47.9 cm³/mol. The van der Waals surface area contributed by atoms with Crippen molar-refractivity contribution in [2.24, 2.45) is 5.92 Å². The topological polar surface area (TPSA) is 3.24 Å². The summed E-state index contributed by atoms with van der Waals surface area (Å²) in [5.74, 6) is 0.612. The van der Waals surface area contributed by atoms with Gasteiger partial charge >= 0.3 is 0 Å². The minimum absolute atomic E-state index is 0.236. The van der Waals surface area contributed by atoms with Gasteiger partial charge in [0.1, 0.15) is 6.17 Å². The number of hydrogen-bond donors (Lipinski definition) is 0. The Balaban J connectivity index is 2.20. The van der Waals surface area contributed by atoms with Crippen LogP contribution < -0.4 is 0 Å². The lowest BCUT2D eigenvalue weighted by molar-refractivity contribution is 0.136. The molecule has 12 heavy (non-hydrogen) atoms. The van der Waals surface area contributed by atoms with E-state index in [1.165, 1.54) is 12.8 Å². The summed E-state index contributed by atoms with van der Waals surface area (Å²) in [6.07, 6.45) is 2.70. The van der Waals surface area contributed by atoms with Gasteiger partial charge < -0.3 is 0 Å². The van der Waals surface area contributed by atoms with Crippen LogP contribution in [-0.2, 0) is 0 Å². The van der Waals surface area contributed by atoms with Crippen molar-refractivity contribution in [1.29, 1.82) is 0 Å². The van der Waals surface area contributed by atoms with Crippen LogP contribution in [0.2, 0.25) is 0 Å². The van der Waals surface area contributed by atoms with Gasteiger partial charge in [0.25, 0.3) is 0 Å². The number of fused-ring (bicyclic) bond motifs is 1. The highest BCUT2D eigenvalue weighted by molar-refractivity contribution is 5.05. The number of halogens is 1. The van der Waals surface area contributed by atoms with Gasteiger partial charge in [-0.05, 0) is 31.7 Å². The van der Waals surface area contributed by atoms with E-state index in [-0.39, 0.29) is 5.54 Å². The van der Waals surface area contributed by atoms with Crippen LogP contribution in [-0.4, -0.2) is 29.7 Å². The first kappa shape index (κ1) is 8.49. The molecule has 2 fully saturated rings.